The summed E-state index contributed by atoms with van der Waals surface area (Å²) in [4.78, 5) is 0. The van der Waals surface area contributed by atoms with Crippen LogP contribution in [-0.4, -0.2) is 5.75 Å². The highest BCUT2D eigenvalue weighted by atomic mass is 32.2. The molecular weight excluding hydrogens is 284 g/mol. The van der Waals surface area contributed by atoms with Gasteiger partial charge in [-0.3, -0.25) is 0 Å². The van der Waals surface area contributed by atoms with Gasteiger partial charge in [0.2, 0.25) is 0 Å². The van der Waals surface area contributed by atoms with E-state index in [0.29, 0.717) is 0 Å². The second-order valence-electron chi connectivity index (χ2n) is 5.35. The van der Waals surface area contributed by atoms with E-state index in [4.69, 9.17) is 0 Å². The number of aryl methyl sites for hydroxylation is 1. The maximum absolute atomic E-state index is 2.26. The van der Waals surface area contributed by atoms with E-state index in [-0.39, 0.29) is 0 Å². The van der Waals surface area contributed by atoms with Gasteiger partial charge in [0.1, 0.15) is 0 Å². The van der Waals surface area contributed by atoms with E-state index in [1.807, 2.05) is 11.8 Å². The first-order valence-corrected chi connectivity index (χ1v) is 8.83. The van der Waals surface area contributed by atoms with Crippen LogP contribution in [0.3, 0.4) is 0 Å². The zero-order chi connectivity index (χ0) is 15.0. The lowest BCUT2D eigenvalue weighted by Crippen LogP contribution is -1.90. The molecule has 22 heavy (non-hydrogen) atoms. The predicted octanol–water partition coefficient (Wildman–Crippen LogP) is 5.83. The summed E-state index contributed by atoms with van der Waals surface area (Å²) in [5, 5.41) is 0. The Morgan fingerprint density at radius 1 is 0.545 bits per heavy atom. The van der Waals surface area contributed by atoms with Gasteiger partial charge in [0.05, 0.1) is 0 Å². The van der Waals surface area contributed by atoms with Crippen LogP contribution in [0.15, 0.2) is 84.9 Å². The molecule has 1 heteroatoms. The summed E-state index contributed by atoms with van der Waals surface area (Å²) in [6.07, 6.45) is 1.13. The van der Waals surface area contributed by atoms with Crippen molar-refractivity contribution in [3.8, 4) is 11.1 Å². The lowest BCUT2D eigenvalue weighted by Gasteiger charge is -2.05. The minimum Gasteiger partial charge on any atom is -0.157 e. The highest BCUT2D eigenvalue weighted by Gasteiger charge is 1.98. The first kappa shape index (κ1) is 14.9. The molecule has 0 atom stereocenters. The Morgan fingerprint density at radius 3 is 1.82 bits per heavy atom. The van der Waals surface area contributed by atoms with Gasteiger partial charge >= 0.3 is 0 Å². The predicted molar refractivity (Wildman–Crippen MR) is 98.2 cm³/mol. The normalized spacial score (nSPS) is 10.5. The topological polar surface area (TPSA) is 0 Å². The quantitative estimate of drug-likeness (QED) is 0.516. The lowest BCUT2D eigenvalue weighted by molar-refractivity contribution is 1.15. The Labute approximate surface area is 137 Å². The van der Waals surface area contributed by atoms with E-state index < -0.39 is 0 Å². The van der Waals surface area contributed by atoms with Gasteiger partial charge in [0, 0.05) is 5.75 Å². The van der Waals surface area contributed by atoms with Crippen molar-refractivity contribution >= 4 is 11.8 Å². The Balaban J connectivity index is 1.49. The molecule has 0 aliphatic carbocycles. The second-order valence-corrected chi connectivity index (χ2v) is 6.46. The van der Waals surface area contributed by atoms with Crippen molar-refractivity contribution in [3.63, 3.8) is 0 Å². The van der Waals surface area contributed by atoms with Crippen LogP contribution in [0.25, 0.3) is 11.1 Å². The largest absolute Gasteiger partial charge is 0.157 e. The van der Waals surface area contributed by atoms with Crippen LogP contribution in [0.1, 0.15) is 11.1 Å². The average molecular weight is 304 g/mol. The standard InChI is InChI=1S/C21H20S/c1-3-7-19(8-4-1)17-22-16-15-18-11-13-21(14-12-18)20-9-5-2-6-10-20/h1-14H,15-17H2. The fourth-order valence-corrected chi connectivity index (χ4v) is 3.40. The highest BCUT2D eigenvalue weighted by Crippen LogP contribution is 2.20. The van der Waals surface area contributed by atoms with Gasteiger partial charge in [-0.15, -0.1) is 0 Å². The van der Waals surface area contributed by atoms with E-state index in [2.05, 4.69) is 84.9 Å². The minimum atomic E-state index is 1.10. The van der Waals surface area contributed by atoms with Crippen molar-refractivity contribution in [3.05, 3.63) is 96.1 Å². The zero-order valence-electron chi connectivity index (χ0n) is 12.6. The molecule has 3 rings (SSSR count). The van der Waals surface area contributed by atoms with Crippen molar-refractivity contribution in [2.45, 2.75) is 12.2 Å². The van der Waals surface area contributed by atoms with Crippen molar-refractivity contribution in [1.82, 2.24) is 0 Å². The molecule has 0 bridgehead atoms. The van der Waals surface area contributed by atoms with Crippen LogP contribution in [0.5, 0.6) is 0 Å². The van der Waals surface area contributed by atoms with E-state index in [1.54, 1.807) is 0 Å². The van der Waals surface area contributed by atoms with Crippen molar-refractivity contribution in [2.24, 2.45) is 0 Å². The fourth-order valence-electron chi connectivity index (χ4n) is 2.45. The van der Waals surface area contributed by atoms with Crippen LogP contribution in [0.2, 0.25) is 0 Å². The van der Waals surface area contributed by atoms with E-state index in [9.17, 15) is 0 Å². The smallest absolute Gasteiger partial charge is 0.0184 e. The van der Waals surface area contributed by atoms with Crippen molar-refractivity contribution in [2.75, 3.05) is 5.75 Å². The summed E-state index contributed by atoms with van der Waals surface area (Å²) in [5.41, 5.74) is 5.40. The molecule has 0 unspecified atom stereocenters. The third kappa shape index (κ3) is 4.25. The number of benzene rings is 3. The van der Waals surface area contributed by atoms with Gasteiger partial charge in [0.25, 0.3) is 0 Å². The first-order chi connectivity index (χ1) is 10.9. The molecule has 0 N–H and O–H groups in total. The van der Waals surface area contributed by atoms with Crippen LogP contribution >= 0.6 is 11.8 Å². The third-order valence-corrected chi connectivity index (χ3v) is 4.74. The molecule has 0 saturated carbocycles. The summed E-state index contributed by atoms with van der Waals surface area (Å²) in [6.45, 7) is 0. The van der Waals surface area contributed by atoms with Gasteiger partial charge in [-0.25, -0.2) is 0 Å². The molecular formula is C21H20S. The van der Waals surface area contributed by atoms with Crippen LogP contribution in [0.4, 0.5) is 0 Å². The van der Waals surface area contributed by atoms with Crippen LogP contribution < -0.4 is 0 Å². The second kappa shape index (κ2) is 7.86. The number of hydrogen-bond donors (Lipinski definition) is 0. The molecule has 3 aromatic carbocycles. The number of rotatable bonds is 6. The number of hydrogen-bond acceptors (Lipinski definition) is 1. The maximum Gasteiger partial charge on any atom is 0.0184 e. The molecule has 0 heterocycles. The van der Waals surface area contributed by atoms with Crippen molar-refractivity contribution in [1.29, 1.82) is 0 Å². The molecule has 0 fully saturated rings. The molecule has 0 spiro atoms. The Hall–Kier alpha value is -1.99. The lowest BCUT2D eigenvalue weighted by atomic mass is 10.0. The summed E-state index contributed by atoms with van der Waals surface area (Å²) in [6, 6.07) is 30.2. The average Bonchev–Trinajstić information content (AvgIpc) is 2.61. The molecule has 0 amide bonds. The van der Waals surface area contributed by atoms with E-state index in [0.717, 1.165) is 12.2 Å². The Morgan fingerprint density at radius 2 is 1.14 bits per heavy atom. The van der Waals surface area contributed by atoms with Crippen LogP contribution in [-0.2, 0) is 12.2 Å². The molecule has 0 saturated heterocycles. The van der Waals surface area contributed by atoms with Crippen LogP contribution in [0, 0.1) is 0 Å². The Kier molecular flexibility index (Phi) is 5.33. The maximum atomic E-state index is 2.26. The molecule has 110 valence electrons. The Bertz CT molecular complexity index is 672. The minimum absolute atomic E-state index is 1.10. The third-order valence-electron chi connectivity index (χ3n) is 3.71. The van der Waals surface area contributed by atoms with Crippen molar-refractivity contribution < 1.29 is 0 Å². The monoisotopic (exact) mass is 304 g/mol. The van der Waals surface area contributed by atoms with E-state index >= 15 is 0 Å². The van der Waals surface area contributed by atoms with E-state index in [1.165, 1.54) is 28.0 Å². The SMILES string of the molecule is c1ccc(CSCCc2ccc(-c3ccccc3)cc2)cc1. The molecule has 0 radical (unpaired) electrons. The van der Waals surface area contributed by atoms with Gasteiger partial charge < -0.3 is 0 Å². The summed E-state index contributed by atoms with van der Waals surface area (Å²) in [7, 11) is 0. The van der Waals surface area contributed by atoms with Gasteiger partial charge in [-0.1, -0.05) is 84.9 Å². The van der Waals surface area contributed by atoms with Gasteiger partial charge in [0.15, 0.2) is 0 Å². The molecule has 0 aliphatic rings. The first-order valence-electron chi connectivity index (χ1n) is 7.68. The summed E-state index contributed by atoms with van der Waals surface area (Å²) >= 11 is 2.00. The molecule has 0 aromatic heterocycles. The molecule has 0 aliphatic heterocycles. The zero-order valence-corrected chi connectivity index (χ0v) is 13.4. The summed E-state index contributed by atoms with van der Waals surface area (Å²) < 4.78 is 0. The number of thioether (sulfide) groups is 1. The molecule has 0 nitrogen and oxygen atoms in total. The van der Waals surface area contributed by atoms with Gasteiger partial charge in [-0.2, -0.15) is 11.8 Å². The summed E-state index contributed by atoms with van der Waals surface area (Å²) in [5.74, 6) is 2.27. The van der Waals surface area contributed by atoms with Gasteiger partial charge in [-0.05, 0) is 34.4 Å². The highest BCUT2D eigenvalue weighted by molar-refractivity contribution is 7.98. The molecule has 3 aromatic rings. The fraction of sp³-hybridized carbons (Fsp3) is 0.143.